The van der Waals surface area contributed by atoms with Gasteiger partial charge in [-0.2, -0.15) is 26.3 Å². The van der Waals surface area contributed by atoms with Crippen LogP contribution in [0, 0.1) is 0 Å². The van der Waals surface area contributed by atoms with Gasteiger partial charge in [-0.15, -0.1) is 0 Å². The van der Waals surface area contributed by atoms with Crippen LogP contribution in [0.3, 0.4) is 0 Å². The smallest absolute Gasteiger partial charge is 0.406 e. The molecule has 13 heteroatoms. The SMILES string of the molecule is COc1cc(-c2cnc3cc(N4CCN(C)C(C(F)(F)F)C4)ccn23)cc2c1C(=O)N(CC(F)(F)F)CC2. The molecule has 1 saturated heterocycles. The van der Waals surface area contributed by atoms with Crippen LogP contribution in [0.4, 0.5) is 32.0 Å². The predicted octanol–water partition coefficient (Wildman–Crippen LogP) is 4.25. The molecule has 0 radical (unpaired) electrons. The molecule has 204 valence electrons. The summed E-state index contributed by atoms with van der Waals surface area (Å²) in [6.07, 6.45) is -5.30. The molecular weight excluding hydrogens is 516 g/mol. The lowest BCUT2D eigenvalue weighted by atomic mass is 9.94. The molecule has 0 bridgehead atoms. The van der Waals surface area contributed by atoms with E-state index in [9.17, 15) is 31.1 Å². The van der Waals surface area contributed by atoms with Crippen LogP contribution in [0.2, 0.25) is 0 Å². The van der Waals surface area contributed by atoms with Crippen LogP contribution in [0.15, 0.2) is 36.7 Å². The number of carbonyl (C=O) groups excluding carboxylic acids is 1. The van der Waals surface area contributed by atoms with Crippen LogP contribution >= 0.6 is 0 Å². The molecule has 2 aromatic heterocycles. The first-order chi connectivity index (χ1) is 17.9. The average molecular weight is 541 g/mol. The van der Waals surface area contributed by atoms with Gasteiger partial charge in [0, 0.05) is 49.7 Å². The van der Waals surface area contributed by atoms with E-state index in [0.717, 1.165) is 4.90 Å². The van der Waals surface area contributed by atoms with Crippen molar-refractivity contribution in [2.24, 2.45) is 0 Å². The van der Waals surface area contributed by atoms with Crippen molar-refractivity contribution in [3.63, 3.8) is 0 Å². The van der Waals surface area contributed by atoms with Gasteiger partial charge in [-0.05, 0) is 37.2 Å². The molecule has 1 atom stereocenters. The number of alkyl halides is 6. The molecule has 3 aromatic rings. The van der Waals surface area contributed by atoms with Crippen molar-refractivity contribution in [2.45, 2.75) is 24.8 Å². The van der Waals surface area contributed by atoms with Crippen LogP contribution in [0.25, 0.3) is 16.9 Å². The maximum Gasteiger partial charge on any atom is 0.406 e. The van der Waals surface area contributed by atoms with Gasteiger partial charge in [0.25, 0.3) is 5.91 Å². The second kappa shape index (κ2) is 9.37. The van der Waals surface area contributed by atoms with E-state index in [-0.39, 0.29) is 37.4 Å². The highest BCUT2D eigenvalue weighted by Crippen LogP contribution is 2.36. The van der Waals surface area contributed by atoms with Crippen molar-refractivity contribution in [1.29, 1.82) is 0 Å². The Balaban J connectivity index is 1.45. The second-order valence-corrected chi connectivity index (χ2v) is 9.55. The lowest BCUT2D eigenvalue weighted by molar-refractivity contribution is -0.180. The van der Waals surface area contributed by atoms with E-state index >= 15 is 0 Å². The summed E-state index contributed by atoms with van der Waals surface area (Å²) in [5, 5.41) is 0. The molecule has 2 aliphatic heterocycles. The molecule has 0 aliphatic carbocycles. The number of aromatic nitrogens is 2. The van der Waals surface area contributed by atoms with Crippen molar-refractivity contribution < 1.29 is 35.9 Å². The number of nitrogens with zero attached hydrogens (tertiary/aromatic N) is 5. The summed E-state index contributed by atoms with van der Waals surface area (Å²) < 4.78 is 86.3. The third kappa shape index (κ3) is 4.86. The van der Waals surface area contributed by atoms with Crippen LogP contribution in [-0.2, 0) is 6.42 Å². The lowest BCUT2D eigenvalue weighted by Crippen LogP contribution is -2.57. The first-order valence-electron chi connectivity index (χ1n) is 11.9. The Hall–Kier alpha value is -3.48. The van der Waals surface area contributed by atoms with Crippen molar-refractivity contribution in [1.82, 2.24) is 19.2 Å². The Bertz CT molecular complexity index is 1350. The van der Waals surface area contributed by atoms with Gasteiger partial charge >= 0.3 is 12.4 Å². The quantitative estimate of drug-likeness (QED) is 0.463. The molecule has 1 amide bonds. The molecule has 0 saturated carbocycles. The number of likely N-dealkylation sites (N-methyl/N-ethyl adjacent to an activating group) is 1. The number of halogens is 6. The molecule has 0 N–H and O–H groups in total. The van der Waals surface area contributed by atoms with E-state index in [1.165, 1.54) is 19.1 Å². The first-order valence-corrected chi connectivity index (χ1v) is 11.9. The van der Waals surface area contributed by atoms with E-state index in [0.29, 0.717) is 34.7 Å². The number of piperazine rings is 1. The molecule has 38 heavy (non-hydrogen) atoms. The summed E-state index contributed by atoms with van der Waals surface area (Å²) in [6, 6.07) is 5.20. The number of hydrogen-bond acceptors (Lipinski definition) is 5. The summed E-state index contributed by atoms with van der Waals surface area (Å²) in [7, 11) is 2.81. The van der Waals surface area contributed by atoms with E-state index in [4.69, 9.17) is 4.74 Å². The summed E-state index contributed by atoms with van der Waals surface area (Å²) in [6.45, 7) is -0.885. The van der Waals surface area contributed by atoms with Gasteiger partial charge in [-0.3, -0.25) is 14.1 Å². The minimum atomic E-state index is -4.51. The molecule has 7 nitrogen and oxygen atoms in total. The first kappa shape index (κ1) is 26.1. The molecular formula is C25H25F6N5O2. The molecule has 1 unspecified atom stereocenters. The zero-order valence-electron chi connectivity index (χ0n) is 20.6. The monoisotopic (exact) mass is 541 g/mol. The van der Waals surface area contributed by atoms with Crippen molar-refractivity contribution >= 4 is 17.2 Å². The van der Waals surface area contributed by atoms with Crippen molar-refractivity contribution in [3.05, 3.63) is 47.8 Å². The van der Waals surface area contributed by atoms with Crippen LogP contribution in [-0.4, -0.2) is 90.4 Å². The highest BCUT2D eigenvalue weighted by atomic mass is 19.4. The Labute approximate surface area is 214 Å². The second-order valence-electron chi connectivity index (χ2n) is 9.55. The predicted molar refractivity (Wildman–Crippen MR) is 128 cm³/mol. The number of methoxy groups -OCH3 is 1. The summed E-state index contributed by atoms with van der Waals surface area (Å²) >= 11 is 0. The maximum absolute atomic E-state index is 13.5. The van der Waals surface area contributed by atoms with Gasteiger partial charge in [0.05, 0.1) is 24.6 Å². The molecule has 1 fully saturated rings. The Morgan fingerprint density at radius 1 is 1.08 bits per heavy atom. The number of rotatable bonds is 4. The van der Waals surface area contributed by atoms with E-state index in [1.54, 1.807) is 46.0 Å². The number of imidazole rings is 1. The topological polar surface area (TPSA) is 53.3 Å². The van der Waals surface area contributed by atoms with Gasteiger partial charge in [-0.1, -0.05) is 0 Å². The fraction of sp³-hybridized carbons (Fsp3) is 0.440. The largest absolute Gasteiger partial charge is 0.496 e. The van der Waals surface area contributed by atoms with Gasteiger partial charge in [-0.25, -0.2) is 4.98 Å². The third-order valence-corrected chi connectivity index (χ3v) is 7.11. The van der Waals surface area contributed by atoms with Crippen molar-refractivity contribution in [3.8, 4) is 17.0 Å². The normalized spacial score (nSPS) is 19.3. The number of ether oxygens (including phenoxy) is 1. The van der Waals surface area contributed by atoms with Crippen LogP contribution in [0.1, 0.15) is 15.9 Å². The van der Waals surface area contributed by atoms with Gasteiger partial charge in [0.2, 0.25) is 0 Å². The number of carbonyl (C=O) groups is 1. The van der Waals surface area contributed by atoms with E-state index in [1.807, 2.05) is 0 Å². The number of amides is 1. The zero-order valence-corrected chi connectivity index (χ0v) is 20.6. The summed E-state index contributed by atoms with van der Waals surface area (Å²) in [5.74, 6) is -0.573. The third-order valence-electron chi connectivity index (χ3n) is 7.11. The molecule has 5 rings (SSSR count). The highest BCUT2D eigenvalue weighted by molar-refractivity contribution is 6.00. The molecule has 1 aromatic carbocycles. The lowest BCUT2D eigenvalue weighted by Gasteiger charge is -2.41. The number of pyridine rings is 1. The number of hydrogen-bond donors (Lipinski definition) is 0. The Kier molecular flexibility index (Phi) is 6.44. The van der Waals surface area contributed by atoms with Gasteiger partial charge < -0.3 is 14.5 Å². The summed E-state index contributed by atoms with van der Waals surface area (Å²) in [5.41, 5.74) is 3.11. The number of fused-ring (bicyclic) bond motifs is 2. The van der Waals surface area contributed by atoms with Gasteiger partial charge in [0.1, 0.15) is 24.0 Å². The van der Waals surface area contributed by atoms with Gasteiger partial charge in [0.15, 0.2) is 0 Å². The maximum atomic E-state index is 13.5. The number of anilines is 1. The van der Waals surface area contributed by atoms with Crippen LogP contribution in [0.5, 0.6) is 5.75 Å². The molecule has 2 aliphatic rings. The minimum Gasteiger partial charge on any atom is -0.496 e. The Morgan fingerprint density at radius 3 is 2.53 bits per heavy atom. The zero-order chi connectivity index (χ0) is 27.4. The molecule has 4 heterocycles. The van der Waals surface area contributed by atoms with Crippen LogP contribution < -0.4 is 9.64 Å². The van der Waals surface area contributed by atoms with E-state index in [2.05, 4.69) is 4.98 Å². The number of benzene rings is 1. The summed E-state index contributed by atoms with van der Waals surface area (Å²) in [4.78, 5) is 21.0. The molecule has 0 spiro atoms. The Morgan fingerprint density at radius 2 is 1.84 bits per heavy atom. The average Bonchev–Trinajstić information content (AvgIpc) is 3.27. The minimum absolute atomic E-state index is 0.0710. The standard InChI is InChI=1S/C25H25F6N5O2/c1-33-7-8-34(13-20(33)25(29,30)31)17-4-6-36-18(12-32-21(36)11-17)16-9-15-3-5-35(14-24(26,27)28)23(37)22(15)19(10-16)38-2/h4,6,9-12,20H,3,5,7-8,13-14H2,1-2H3. The highest BCUT2D eigenvalue weighted by Gasteiger charge is 2.45. The fourth-order valence-electron chi connectivity index (χ4n) is 5.15. The fourth-order valence-corrected chi connectivity index (χ4v) is 5.15. The van der Waals surface area contributed by atoms with E-state index < -0.39 is 30.8 Å². The van der Waals surface area contributed by atoms with Crippen molar-refractivity contribution in [2.75, 3.05) is 51.8 Å².